The second kappa shape index (κ2) is 8.11. The van der Waals surface area contributed by atoms with Crippen molar-refractivity contribution in [2.24, 2.45) is 5.92 Å². The first-order valence-corrected chi connectivity index (χ1v) is 8.18. The zero-order valence-electron chi connectivity index (χ0n) is 14.1. The van der Waals surface area contributed by atoms with Crippen LogP contribution < -0.4 is 5.32 Å². The third-order valence-corrected chi connectivity index (χ3v) is 4.15. The van der Waals surface area contributed by atoms with Crippen LogP contribution in [0.4, 0.5) is 0 Å². The molecular formula is C18H26N2O3. The average Bonchev–Trinajstić information content (AvgIpc) is 2.55. The number of piperazine rings is 1. The van der Waals surface area contributed by atoms with Crippen molar-refractivity contribution in [3.05, 3.63) is 35.9 Å². The van der Waals surface area contributed by atoms with E-state index in [1.54, 1.807) is 4.90 Å². The van der Waals surface area contributed by atoms with Gasteiger partial charge in [0, 0.05) is 19.5 Å². The lowest BCUT2D eigenvalue weighted by molar-refractivity contribution is -0.155. The van der Waals surface area contributed by atoms with Gasteiger partial charge < -0.3 is 15.0 Å². The van der Waals surface area contributed by atoms with Crippen molar-refractivity contribution >= 4 is 11.9 Å². The molecule has 1 aromatic carbocycles. The largest absolute Gasteiger partial charge is 0.467 e. The van der Waals surface area contributed by atoms with E-state index in [0.29, 0.717) is 25.4 Å². The highest BCUT2D eigenvalue weighted by molar-refractivity contribution is 5.88. The molecular weight excluding hydrogens is 292 g/mol. The van der Waals surface area contributed by atoms with Crippen LogP contribution in [-0.2, 0) is 20.7 Å². The summed E-state index contributed by atoms with van der Waals surface area (Å²) in [5.41, 5.74) is 1.02. The van der Waals surface area contributed by atoms with Crippen molar-refractivity contribution in [2.45, 2.75) is 38.8 Å². The lowest BCUT2D eigenvalue weighted by Gasteiger charge is -2.38. The van der Waals surface area contributed by atoms with Gasteiger partial charge in [0.15, 0.2) is 0 Å². The fourth-order valence-electron chi connectivity index (χ4n) is 3.02. The maximum Gasteiger partial charge on any atom is 0.328 e. The number of hydrogen-bond acceptors (Lipinski definition) is 4. The molecule has 1 unspecified atom stereocenters. The molecule has 1 saturated heterocycles. The van der Waals surface area contributed by atoms with Crippen molar-refractivity contribution in [1.82, 2.24) is 10.2 Å². The van der Waals surface area contributed by atoms with Gasteiger partial charge in [-0.1, -0.05) is 44.2 Å². The van der Waals surface area contributed by atoms with Crippen LogP contribution in [0.1, 0.15) is 25.8 Å². The highest BCUT2D eigenvalue weighted by Crippen LogP contribution is 2.17. The minimum atomic E-state index is -0.563. The number of ether oxygens (including phenoxy) is 1. The van der Waals surface area contributed by atoms with Crippen LogP contribution in [0.25, 0.3) is 0 Å². The second-order valence-electron chi connectivity index (χ2n) is 6.40. The minimum absolute atomic E-state index is 0.00344. The Labute approximate surface area is 138 Å². The van der Waals surface area contributed by atoms with Gasteiger partial charge in [0.2, 0.25) is 5.91 Å². The van der Waals surface area contributed by atoms with E-state index in [0.717, 1.165) is 12.0 Å². The molecule has 23 heavy (non-hydrogen) atoms. The van der Waals surface area contributed by atoms with Crippen molar-refractivity contribution < 1.29 is 14.3 Å². The predicted octanol–water partition coefficient (Wildman–Crippen LogP) is 1.62. The minimum Gasteiger partial charge on any atom is -0.467 e. The molecule has 1 N–H and O–H groups in total. The normalized spacial score (nSPS) is 19.7. The molecule has 1 amide bonds. The average molecular weight is 318 g/mol. The summed E-state index contributed by atoms with van der Waals surface area (Å²) in [5, 5.41) is 3.26. The second-order valence-corrected chi connectivity index (χ2v) is 6.40. The molecule has 126 valence electrons. The summed E-state index contributed by atoms with van der Waals surface area (Å²) in [6, 6.07) is 8.96. The summed E-state index contributed by atoms with van der Waals surface area (Å²) in [6.07, 6.45) is 1.25. The fourth-order valence-corrected chi connectivity index (χ4v) is 3.02. The number of esters is 1. The SMILES string of the molecule is COC(=O)[C@H](Cc1ccccc1)N1CCNC(CC(C)C)C1=O. The van der Waals surface area contributed by atoms with E-state index in [2.05, 4.69) is 19.2 Å². The van der Waals surface area contributed by atoms with Gasteiger partial charge in [0.25, 0.3) is 0 Å². The summed E-state index contributed by atoms with van der Waals surface area (Å²) in [6.45, 7) is 5.41. The van der Waals surface area contributed by atoms with Gasteiger partial charge in [-0.15, -0.1) is 0 Å². The summed E-state index contributed by atoms with van der Waals surface area (Å²) >= 11 is 0. The van der Waals surface area contributed by atoms with Gasteiger partial charge in [-0.2, -0.15) is 0 Å². The highest BCUT2D eigenvalue weighted by atomic mass is 16.5. The number of nitrogens with one attached hydrogen (secondary N) is 1. The van der Waals surface area contributed by atoms with Crippen LogP contribution in [0.3, 0.4) is 0 Å². The molecule has 2 rings (SSSR count). The van der Waals surface area contributed by atoms with E-state index in [9.17, 15) is 9.59 Å². The van der Waals surface area contributed by atoms with Crippen molar-refractivity contribution in [1.29, 1.82) is 0 Å². The lowest BCUT2D eigenvalue weighted by Crippen LogP contribution is -2.60. The number of carbonyl (C=O) groups excluding carboxylic acids is 2. The van der Waals surface area contributed by atoms with E-state index in [1.165, 1.54) is 7.11 Å². The zero-order chi connectivity index (χ0) is 16.8. The molecule has 1 aliphatic heterocycles. The van der Waals surface area contributed by atoms with E-state index >= 15 is 0 Å². The Kier molecular flexibility index (Phi) is 6.16. The van der Waals surface area contributed by atoms with Crippen molar-refractivity contribution in [2.75, 3.05) is 20.2 Å². The Bertz CT molecular complexity index is 530. The number of hydrogen-bond donors (Lipinski definition) is 1. The molecule has 0 spiro atoms. The Morgan fingerprint density at radius 3 is 2.65 bits per heavy atom. The molecule has 1 aliphatic rings. The number of nitrogens with zero attached hydrogens (tertiary/aromatic N) is 1. The Morgan fingerprint density at radius 2 is 2.04 bits per heavy atom. The van der Waals surface area contributed by atoms with E-state index < -0.39 is 6.04 Å². The van der Waals surface area contributed by atoms with Crippen LogP contribution in [0, 0.1) is 5.92 Å². The van der Waals surface area contributed by atoms with E-state index in [-0.39, 0.29) is 17.9 Å². The topological polar surface area (TPSA) is 58.6 Å². The van der Waals surface area contributed by atoms with Crippen molar-refractivity contribution in [3.8, 4) is 0 Å². The maximum atomic E-state index is 12.8. The van der Waals surface area contributed by atoms with Gasteiger partial charge in [0.05, 0.1) is 13.2 Å². The number of benzene rings is 1. The Balaban J connectivity index is 2.17. The van der Waals surface area contributed by atoms with Gasteiger partial charge in [-0.3, -0.25) is 4.79 Å². The number of amides is 1. The molecule has 0 radical (unpaired) electrons. The van der Waals surface area contributed by atoms with Crippen LogP contribution in [0.15, 0.2) is 30.3 Å². The summed E-state index contributed by atoms with van der Waals surface area (Å²) in [4.78, 5) is 26.7. The molecule has 5 nitrogen and oxygen atoms in total. The summed E-state index contributed by atoms with van der Waals surface area (Å²) in [7, 11) is 1.37. The quantitative estimate of drug-likeness (QED) is 0.810. The van der Waals surface area contributed by atoms with Crippen LogP contribution in [-0.4, -0.2) is 49.1 Å². The first kappa shape index (κ1) is 17.5. The van der Waals surface area contributed by atoms with Gasteiger partial charge in [-0.25, -0.2) is 4.79 Å². The molecule has 0 bridgehead atoms. The van der Waals surface area contributed by atoms with Gasteiger partial charge in [0.1, 0.15) is 6.04 Å². The monoisotopic (exact) mass is 318 g/mol. The van der Waals surface area contributed by atoms with Crippen LogP contribution >= 0.6 is 0 Å². The number of rotatable bonds is 6. The Morgan fingerprint density at radius 1 is 1.35 bits per heavy atom. The van der Waals surface area contributed by atoms with E-state index in [4.69, 9.17) is 4.74 Å². The summed E-state index contributed by atoms with van der Waals surface area (Å²) in [5.74, 6) is 0.0609. The third kappa shape index (κ3) is 4.55. The van der Waals surface area contributed by atoms with Crippen LogP contribution in [0.5, 0.6) is 0 Å². The van der Waals surface area contributed by atoms with E-state index in [1.807, 2.05) is 30.3 Å². The predicted molar refractivity (Wildman–Crippen MR) is 88.9 cm³/mol. The summed E-state index contributed by atoms with van der Waals surface area (Å²) < 4.78 is 4.95. The van der Waals surface area contributed by atoms with Crippen LogP contribution in [0.2, 0.25) is 0 Å². The number of carbonyl (C=O) groups is 2. The van der Waals surface area contributed by atoms with Gasteiger partial charge >= 0.3 is 5.97 Å². The fraction of sp³-hybridized carbons (Fsp3) is 0.556. The molecule has 0 saturated carbocycles. The molecule has 0 aliphatic carbocycles. The zero-order valence-corrected chi connectivity index (χ0v) is 14.1. The van der Waals surface area contributed by atoms with Crippen molar-refractivity contribution in [3.63, 3.8) is 0 Å². The maximum absolute atomic E-state index is 12.8. The number of methoxy groups -OCH3 is 1. The first-order valence-electron chi connectivity index (χ1n) is 8.18. The smallest absolute Gasteiger partial charge is 0.328 e. The molecule has 1 aromatic rings. The van der Waals surface area contributed by atoms with Gasteiger partial charge in [-0.05, 0) is 17.9 Å². The standard InChI is InChI=1S/C18H26N2O3/c1-13(2)11-15-17(21)20(10-9-19-15)16(18(22)23-3)12-14-7-5-4-6-8-14/h4-8,13,15-16,19H,9-12H2,1-3H3/t15?,16-/m0/s1. The Hall–Kier alpha value is -1.88. The molecule has 1 fully saturated rings. The highest BCUT2D eigenvalue weighted by Gasteiger charge is 2.37. The first-order chi connectivity index (χ1) is 11.0. The molecule has 2 atom stereocenters. The third-order valence-electron chi connectivity index (χ3n) is 4.15. The molecule has 1 heterocycles. The lowest BCUT2D eigenvalue weighted by atomic mass is 9.98. The molecule has 5 heteroatoms. The molecule has 0 aromatic heterocycles.